The van der Waals surface area contributed by atoms with Crippen molar-refractivity contribution in [2.45, 2.75) is 39.5 Å². The molecule has 1 aliphatic heterocycles. The summed E-state index contributed by atoms with van der Waals surface area (Å²) in [6, 6.07) is 13.3. The molecule has 28 heavy (non-hydrogen) atoms. The van der Waals surface area contributed by atoms with E-state index in [1.807, 2.05) is 42.2 Å². The zero-order valence-electron chi connectivity index (χ0n) is 16.8. The summed E-state index contributed by atoms with van der Waals surface area (Å²) in [6.45, 7) is 5.95. The van der Waals surface area contributed by atoms with E-state index in [4.69, 9.17) is 0 Å². The second kappa shape index (κ2) is 9.40. The Labute approximate surface area is 167 Å². The molecule has 1 saturated heterocycles. The third-order valence-corrected chi connectivity index (χ3v) is 5.20. The van der Waals surface area contributed by atoms with Crippen LogP contribution in [0.2, 0.25) is 0 Å². The summed E-state index contributed by atoms with van der Waals surface area (Å²) in [5.41, 5.74) is 4.62. The van der Waals surface area contributed by atoms with Gasteiger partial charge in [0.15, 0.2) is 0 Å². The predicted octanol–water partition coefficient (Wildman–Crippen LogP) is 4.23. The van der Waals surface area contributed by atoms with E-state index in [0.29, 0.717) is 11.3 Å². The van der Waals surface area contributed by atoms with Gasteiger partial charge in [0.05, 0.1) is 6.54 Å². The van der Waals surface area contributed by atoms with Gasteiger partial charge in [-0.25, -0.2) is 0 Å². The highest BCUT2D eigenvalue weighted by molar-refractivity contribution is 5.98. The maximum atomic E-state index is 12.7. The number of nitrogens with one attached hydrogen (secondary N) is 2. The number of anilines is 2. The Morgan fingerprint density at radius 3 is 2.54 bits per heavy atom. The van der Waals surface area contributed by atoms with Gasteiger partial charge < -0.3 is 15.5 Å². The van der Waals surface area contributed by atoms with Gasteiger partial charge in [-0.3, -0.25) is 9.59 Å². The van der Waals surface area contributed by atoms with Crippen molar-refractivity contribution >= 4 is 23.2 Å². The molecule has 3 rings (SSSR count). The molecule has 2 N–H and O–H groups in total. The van der Waals surface area contributed by atoms with Gasteiger partial charge in [0, 0.05) is 30.0 Å². The van der Waals surface area contributed by atoms with Crippen LogP contribution in [0, 0.1) is 6.92 Å². The Morgan fingerprint density at radius 2 is 1.79 bits per heavy atom. The molecule has 1 fully saturated rings. The number of para-hydroxylation sites is 1. The first-order valence-electron chi connectivity index (χ1n) is 10.1. The number of carbonyl (C=O) groups excluding carboxylic acids is 2. The van der Waals surface area contributed by atoms with Crippen LogP contribution in [0.5, 0.6) is 0 Å². The minimum absolute atomic E-state index is 0.0430. The van der Waals surface area contributed by atoms with Crippen LogP contribution in [-0.2, 0) is 11.2 Å². The molecule has 0 unspecified atom stereocenters. The molecule has 2 aromatic rings. The highest BCUT2D eigenvalue weighted by Crippen LogP contribution is 2.21. The molecule has 148 valence electrons. The summed E-state index contributed by atoms with van der Waals surface area (Å²) in [4.78, 5) is 27.0. The summed E-state index contributed by atoms with van der Waals surface area (Å²) < 4.78 is 0. The smallest absolute Gasteiger partial charge is 0.253 e. The molecule has 5 nitrogen and oxygen atoms in total. The molecule has 2 aromatic carbocycles. The van der Waals surface area contributed by atoms with Crippen molar-refractivity contribution in [3.63, 3.8) is 0 Å². The number of likely N-dealkylation sites (tertiary alicyclic amines) is 1. The summed E-state index contributed by atoms with van der Waals surface area (Å²) in [7, 11) is 0. The summed E-state index contributed by atoms with van der Waals surface area (Å²) in [5.74, 6) is -0.0886. The van der Waals surface area contributed by atoms with Crippen molar-refractivity contribution < 1.29 is 9.59 Å². The van der Waals surface area contributed by atoms with Crippen molar-refractivity contribution in [1.82, 2.24) is 4.90 Å². The number of hydrogen-bond acceptors (Lipinski definition) is 3. The monoisotopic (exact) mass is 379 g/mol. The lowest BCUT2D eigenvalue weighted by molar-refractivity contribution is -0.114. The molecule has 1 aliphatic rings. The van der Waals surface area contributed by atoms with Crippen LogP contribution in [0.25, 0.3) is 0 Å². The Kier molecular flexibility index (Phi) is 6.69. The first-order chi connectivity index (χ1) is 13.6. The van der Waals surface area contributed by atoms with Crippen LogP contribution >= 0.6 is 0 Å². The first kappa shape index (κ1) is 19.9. The zero-order valence-corrected chi connectivity index (χ0v) is 16.8. The summed E-state index contributed by atoms with van der Waals surface area (Å²) in [5, 5.41) is 6.15. The molecule has 5 heteroatoms. The lowest BCUT2D eigenvalue weighted by Crippen LogP contribution is -2.35. The van der Waals surface area contributed by atoms with E-state index < -0.39 is 0 Å². The average molecular weight is 380 g/mol. The van der Waals surface area contributed by atoms with Crippen molar-refractivity contribution in [1.29, 1.82) is 0 Å². The topological polar surface area (TPSA) is 61.4 Å². The van der Waals surface area contributed by atoms with Gasteiger partial charge in [0.2, 0.25) is 5.91 Å². The molecule has 0 saturated carbocycles. The predicted molar refractivity (Wildman–Crippen MR) is 114 cm³/mol. The zero-order chi connectivity index (χ0) is 19.9. The Balaban J connectivity index is 1.61. The van der Waals surface area contributed by atoms with E-state index in [9.17, 15) is 9.59 Å². The average Bonchev–Trinajstić information content (AvgIpc) is 2.73. The fourth-order valence-electron chi connectivity index (χ4n) is 3.66. The highest BCUT2D eigenvalue weighted by atomic mass is 16.2. The Hall–Kier alpha value is -2.82. The minimum Gasteiger partial charge on any atom is -0.376 e. The summed E-state index contributed by atoms with van der Waals surface area (Å²) >= 11 is 0. The second-order valence-corrected chi connectivity index (χ2v) is 7.30. The lowest BCUT2D eigenvalue weighted by atomic mass is 10.1. The Bertz CT molecular complexity index is 841. The number of piperidine rings is 1. The fourth-order valence-corrected chi connectivity index (χ4v) is 3.66. The molecule has 0 bridgehead atoms. The fraction of sp³-hybridized carbons (Fsp3) is 0.391. The minimum atomic E-state index is -0.132. The molecule has 0 radical (unpaired) electrons. The van der Waals surface area contributed by atoms with Crippen LogP contribution in [0.4, 0.5) is 11.4 Å². The number of carbonyl (C=O) groups is 2. The summed E-state index contributed by atoms with van der Waals surface area (Å²) in [6.07, 6.45) is 4.22. The van der Waals surface area contributed by atoms with Crippen LogP contribution in [0.15, 0.2) is 42.5 Å². The van der Waals surface area contributed by atoms with E-state index in [0.717, 1.165) is 43.6 Å². The maximum absolute atomic E-state index is 12.7. The molecular weight excluding hydrogens is 350 g/mol. The van der Waals surface area contributed by atoms with E-state index in [2.05, 4.69) is 23.6 Å². The van der Waals surface area contributed by atoms with Gasteiger partial charge in [0.1, 0.15) is 0 Å². The van der Waals surface area contributed by atoms with Crippen LogP contribution in [-0.4, -0.2) is 36.3 Å². The largest absolute Gasteiger partial charge is 0.376 e. The van der Waals surface area contributed by atoms with Gasteiger partial charge in [-0.15, -0.1) is 0 Å². The molecule has 0 spiro atoms. The van der Waals surface area contributed by atoms with Crippen LogP contribution in [0.3, 0.4) is 0 Å². The van der Waals surface area contributed by atoms with Crippen molar-refractivity contribution in [2.24, 2.45) is 0 Å². The molecule has 2 amide bonds. The Morgan fingerprint density at radius 1 is 1.04 bits per heavy atom. The standard InChI is InChI=1S/C23H29N3O2/c1-3-18-10-7-9-17(2)22(18)24-16-21(27)25-20-12-8-11-19(15-20)23(28)26-13-5-4-6-14-26/h7-12,15,24H,3-6,13-14,16H2,1-2H3,(H,25,27). The SMILES string of the molecule is CCc1cccc(C)c1NCC(=O)Nc1cccc(C(=O)N2CCCCC2)c1. The quantitative estimate of drug-likeness (QED) is 0.789. The van der Waals surface area contributed by atoms with Crippen LogP contribution in [0.1, 0.15) is 47.7 Å². The van der Waals surface area contributed by atoms with E-state index in [1.54, 1.807) is 6.07 Å². The molecule has 1 heterocycles. The van der Waals surface area contributed by atoms with Crippen molar-refractivity contribution in [3.8, 4) is 0 Å². The number of rotatable bonds is 6. The van der Waals surface area contributed by atoms with E-state index >= 15 is 0 Å². The second-order valence-electron chi connectivity index (χ2n) is 7.30. The first-order valence-corrected chi connectivity index (χ1v) is 10.1. The highest BCUT2D eigenvalue weighted by Gasteiger charge is 2.18. The van der Waals surface area contributed by atoms with Crippen molar-refractivity contribution in [3.05, 3.63) is 59.2 Å². The van der Waals surface area contributed by atoms with Crippen molar-refractivity contribution in [2.75, 3.05) is 30.3 Å². The van der Waals surface area contributed by atoms with Gasteiger partial charge in [-0.05, 0) is 61.9 Å². The van der Waals surface area contributed by atoms with Crippen LogP contribution < -0.4 is 10.6 Å². The van der Waals surface area contributed by atoms with Gasteiger partial charge in [-0.2, -0.15) is 0 Å². The van der Waals surface area contributed by atoms with E-state index in [1.165, 1.54) is 12.0 Å². The third-order valence-electron chi connectivity index (χ3n) is 5.20. The number of aryl methyl sites for hydroxylation is 2. The molecule has 0 aliphatic carbocycles. The van der Waals surface area contributed by atoms with Gasteiger partial charge >= 0.3 is 0 Å². The normalized spacial score (nSPS) is 13.9. The lowest BCUT2D eigenvalue weighted by Gasteiger charge is -2.26. The van der Waals surface area contributed by atoms with Gasteiger partial charge in [-0.1, -0.05) is 31.2 Å². The van der Waals surface area contributed by atoms with Gasteiger partial charge in [0.25, 0.3) is 5.91 Å². The number of hydrogen-bond donors (Lipinski definition) is 2. The molecular formula is C23H29N3O2. The maximum Gasteiger partial charge on any atom is 0.253 e. The van der Waals surface area contributed by atoms with E-state index in [-0.39, 0.29) is 18.4 Å². The third kappa shape index (κ3) is 4.91. The number of amides is 2. The number of nitrogens with zero attached hydrogens (tertiary/aromatic N) is 1. The molecule has 0 atom stereocenters. The molecule has 0 aromatic heterocycles. The number of benzene rings is 2.